The van der Waals surface area contributed by atoms with Gasteiger partial charge < -0.3 is 5.32 Å². The van der Waals surface area contributed by atoms with Crippen molar-refractivity contribution >= 4 is 17.5 Å². The number of pyridine rings is 1. The SMILES string of the molecule is O=C(NCC#Cc1ccccc1)c1ccnc(Cl)c1. The molecule has 0 saturated carbocycles. The molecule has 0 spiro atoms. The van der Waals surface area contributed by atoms with Crippen LogP contribution in [0.5, 0.6) is 0 Å². The minimum Gasteiger partial charge on any atom is -0.341 e. The number of nitrogens with one attached hydrogen (secondary N) is 1. The molecule has 94 valence electrons. The molecule has 3 nitrogen and oxygen atoms in total. The van der Waals surface area contributed by atoms with Crippen molar-refractivity contribution in [3.8, 4) is 11.8 Å². The molecule has 0 fully saturated rings. The summed E-state index contributed by atoms with van der Waals surface area (Å²) in [7, 11) is 0. The summed E-state index contributed by atoms with van der Waals surface area (Å²) in [5, 5.41) is 2.99. The standard InChI is InChI=1S/C15H11ClN2O/c16-14-11-13(8-10-17-14)15(19)18-9-4-7-12-5-2-1-3-6-12/h1-3,5-6,8,10-11H,9H2,(H,18,19). The predicted molar refractivity (Wildman–Crippen MR) is 74.9 cm³/mol. The van der Waals surface area contributed by atoms with Gasteiger partial charge >= 0.3 is 0 Å². The quantitative estimate of drug-likeness (QED) is 0.673. The second kappa shape index (κ2) is 6.58. The lowest BCUT2D eigenvalue weighted by atomic mass is 10.2. The fraction of sp³-hybridized carbons (Fsp3) is 0.0667. The maximum atomic E-state index is 11.7. The van der Waals surface area contributed by atoms with E-state index < -0.39 is 0 Å². The van der Waals surface area contributed by atoms with Gasteiger partial charge in [-0.05, 0) is 24.3 Å². The van der Waals surface area contributed by atoms with Crippen LogP contribution < -0.4 is 5.32 Å². The first kappa shape index (κ1) is 13.1. The molecule has 1 aromatic carbocycles. The van der Waals surface area contributed by atoms with Gasteiger partial charge in [0.2, 0.25) is 0 Å². The lowest BCUT2D eigenvalue weighted by Crippen LogP contribution is -2.23. The third kappa shape index (κ3) is 4.13. The molecule has 1 heterocycles. The van der Waals surface area contributed by atoms with Crippen LogP contribution >= 0.6 is 11.6 Å². The van der Waals surface area contributed by atoms with Gasteiger partial charge in [-0.1, -0.05) is 41.6 Å². The Morgan fingerprint density at radius 3 is 2.79 bits per heavy atom. The highest BCUT2D eigenvalue weighted by molar-refractivity contribution is 6.29. The van der Waals surface area contributed by atoms with E-state index in [1.807, 2.05) is 30.3 Å². The Kier molecular flexibility index (Phi) is 4.54. The van der Waals surface area contributed by atoms with Crippen LogP contribution in [0.3, 0.4) is 0 Å². The van der Waals surface area contributed by atoms with Gasteiger partial charge in [0.1, 0.15) is 5.15 Å². The molecular weight excluding hydrogens is 260 g/mol. The molecule has 0 unspecified atom stereocenters. The first-order chi connectivity index (χ1) is 9.25. The Labute approximate surface area is 116 Å². The summed E-state index contributed by atoms with van der Waals surface area (Å²) in [5.74, 6) is 5.63. The zero-order chi connectivity index (χ0) is 13.5. The predicted octanol–water partition coefficient (Wildman–Crippen LogP) is 2.52. The number of hydrogen-bond acceptors (Lipinski definition) is 2. The van der Waals surface area contributed by atoms with E-state index in [9.17, 15) is 4.79 Å². The molecule has 1 N–H and O–H groups in total. The highest BCUT2D eigenvalue weighted by Crippen LogP contribution is 2.06. The van der Waals surface area contributed by atoms with Crippen LogP contribution in [0.4, 0.5) is 0 Å². The molecule has 0 aliphatic heterocycles. The minimum absolute atomic E-state index is 0.216. The molecule has 0 atom stereocenters. The Balaban J connectivity index is 1.90. The van der Waals surface area contributed by atoms with Crippen LogP contribution in [-0.4, -0.2) is 17.4 Å². The van der Waals surface area contributed by atoms with Gasteiger partial charge in [0, 0.05) is 17.3 Å². The summed E-state index contributed by atoms with van der Waals surface area (Å²) in [5.41, 5.74) is 1.39. The van der Waals surface area contributed by atoms with Crippen molar-refractivity contribution in [2.45, 2.75) is 0 Å². The third-order valence-electron chi connectivity index (χ3n) is 2.33. The Bertz CT molecular complexity index is 629. The van der Waals surface area contributed by atoms with Crippen molar-refractivity contribution in [1.82, 2.24) is 10.3 Å². The number of benzene rings is 1. The summed E-state index contributed by atoms with van der Waals surface area (Å²) >= 11 is 5.71. The van der Waals surface area contributed by atoms with Crippen molar-refractivity contribution < 1.29 is 4.79 Å². The largest absolute Gasteiger partial charge is 0.341 e. The topological polar surface area (TPSA) is 42.0 Å². The molecule has 0 saturated heterocycles. The molecule has 4 heteroatoms. The Morgan fingerprint density at radius 1 is 1.26 bits per heavy atom. The normalized spacial score (nSPS) is 9.32. The third-order valence-corrected chi connectivity index (χ3v) is 2.54. The zero-order valence-electron chi connectivity index (χ0n) is 10.1. The van der Waals surface area contributed by atoms with Crippen LogP contribution in [0.2, 0.25) is 5.15 Å². The van der Waals surface area contributed by atoms with Gasteiger partial charge in [-0.15, -0.1) is 0 Å². The average molecular weight is 271 g/mol. The monoisotopic (exact) mass is 270 g/mol. The molecule has 2 aromatic rings. The van der Waals surface area contributed by atoms with Crippen molar-refractivity contribution in [2.24, 2.45) is 0 Å². The number of aromatic nitrogens is 1. The van der Waals surface area contributed by atoms with Gasteiger partial charge in [-0.2, -0.15) is 0 Å². The van der Waals surface area contributed by atoms with Crippen LogP contribution in [0.25, 0.3) is 0 Å². The fourth-order valence-corrected chi connectivity index (χ4v) is 1.61. The summed E-state index contributed by atoms with van der Waals surface area (Å²) in [6, 6.07) is 12.7. The van der Waals surface area contributed by atoms with E-state index >= 15 is 0 Å². The number of nitrogens with zero attached hydrogens (tertiary/aromatic N) is 1. The van der Waals surface area contributed by atoms with Gasteiger partial charge in [0.05, 0.1) is 6.54 Å². The molecule has 0 aliphatic carbocycles. The van der Waals surface area contributed by atoms with Crippen LogP contribution in [-0.2, 0) is 0 Å². The number of rotatable bonds is 2. The van der Waals surface area contributed by atoms with Gasteiger partial charge in [-0.25, -0.2) is 4.98 Å². The fourth-order valence-electron chi connectivity index (χ4n) is 1.44. The van der Waals surface area contributed by atoms with Crippen molar-refractivity contribution in [1.29, 1.82) is 0 Å². The molecule has 0 radical (unpaired) electrons. The van der Waals surface area contributed by atoms with E-state index in [2.05, 4.69) is 22.1 Å². The number of hydrogen-bond donors (Lipinski definition) is 1. The lowest BCUT2D eigenvalue weighted by molar-refractivity contribution is 0.0958. The number of halogens is 1. The number of carbonyl (C=O) groups is 1. The lowest BCUT2D eigenvalue weighted by Gasteiger charge is -2.00. The van der Waals surface area contributed by atoms with Crippen molar-refractivity contribution in [3.05, 3.63) is 64.9 Å². The summed E-state index contributed by atoms with van der Waals surface area (Å²) in [6.45, 7) is 0.285. The minimum atomic E-state index is -0.216. The molecule has 19 heavy (non-hydrogen) atoms. The van der Waals surface area contributed by atoms with Crippen LogP contribution in [0.15, 0.2) is 48.7 Å². The van der Waals surface area contributed by atoms with E-state index in [0.717, 1.165) is 5.56 Å². The van der Waals surface area contributed by atoms with Gasteiger partial charge in [0.25, 0.3) is 5.91 Å². The highest BCUT2D eigenvalue weighted by Gasteiger charge is 2.04. The highest BCUT2D eigenvalue weighted by atomic mass is 35.5. The molecular formula is C15H11ClN2O. The smallest absolute Gasteiger partial charge is 0.252 e. The molecule has 1 aromatic heterocycles. The van der Waals surface area contributed by atoms with Gasteiger partial charge in [0.15, 0.2) is 0 Å². The molecule has 1 amide bonds. The van der Waals surface area contributed by atoms with Crippen molar-refractivity contribution in [2.75, 3.05) is 6.54 Å². The Morgan fingerprint density at radius 2 is 2.05 bits per heavy atom. The summed E-state index contributed by atoms with van der Waals surface area (Å²) < 4.78 is 0. The van der Waals surface area contributed by atoms with Crippen molar-refractivity contribution in [3.63, 3.8) is 0 Å². The zero-order valence-corrected chi connectivity index (χ0v) is 10.8. The first-order valence-corrected chi connectivity index (χ1v) is 6.07. The van der Waals surface area contributed by atoms with E-state index in [-0.39, 0.29) is 12.5 Å². The van der Waals surface area contributed by atoms with E-state index in [1.165, 1.54) is 12.3 Å². The maximum absolute atomic E-state index is 11.7. The second-order valence-corrected chi connectivity index (χ2v) is 4.10. The van der Waals surface area contributed by atoms with E-state index in [4.69, 9.17) is 11.6 Å². The van der Waals surface area contributed by atoms with Crippen LogP contribution in [0.1, 0.15) is 15.9 Å². The molecule has 0 aliphatic rings. The number of amides is 1. The second-order valence-electron chi connectivity index (χ2n) is 3.72. The average Bonchev–Trinajstić information content (AvgIpc) is 2.44. The van der Waals surface area contributed by atoms with Crippen LogP contribution in [0, 0.1) is 11.8 Å². The molecule has 2 rings (SSSR count). The first-order valence-electron chi connectivity index (χ1n) is 5.69. The number of carbonyl (C=O) groups excluding carboxylic acids is 1. The van der Waals surface area contributed by atoms with Gasteiger partial charge in [-0.3, -0.25) is 4.79 Å². The maximum Gasteiger partial charge on any atom is 0.252 e. The van der Waals surface area contributed by atoms with E-state index in [0.29, 0.717) is 10.7 Å². The van der Waals surface area contributed by atoms with E-state index in [1.54, 1.807) is 6.07 Å². The molecule has 0 bridgehead atoms. The Hall–Kier alpha value is -2.31. The summed E-state index contributed by atoms with van der Waals surface area (Å²) in [6.07, 6.45) is 1.49. The summed E-state index contributed by atoms with van der Waals surface area (Å²) in [4.78, 5) is 15.6.